The van der Waals surface area contributed by atoms with Crippen LogP contribution in [0.3, 0.4) is 0 Å². The van der Waals surface area contributed by atoms with Crippen LogP contribution in [0.1, 0.15) is 31.7 Å². The van der Waals surface area contributed by atoms with Gasteiger partial charge in [-0.05, 0) is 43.1 Å². The summed E-state index contributed by atoms with van der Waals surface area (Å²) in [5.41, 5.74) is 16.0. The van der Waals surface area contributed by atoms with Crippen molar-refractivity contribution in [2.24, 2.45) is 17.0 Å². The largest absolute Gasteiger partial charge is 0.382 e. The fraction of sp³-hybridized carbons (Fsp3) is 0.615. The molecule has 0 saturated heterocycles. The molecule has 8 heteroatoms. The zero-order valence-corrected chi connectivity index (χ0v) is 11.5. The molecule has 108 valence electrons. The van der Waals surface area contributed by atoms with Crippen molar-refractivity contribution in [1.82, 2.24) is 19.5 Å². The average Bonchev–Trinajstić information content (AvgIpc) is 3.15. The van der Waals surface area contributed by atoms with Crippen LogP contribution in [0.2, 0.25) is 0 Å². The van der Waals surface area contributed by atoms with Gasteiger partial charge in [0.2, 0.25) is 0 Å². The van der Waals surface area contributed by atoms with Crippen LogP contribution in [0.5, 0.6) is 0 Å². The Balaban J connectivity index is 1.71. The molecule has 0 aliphatic heterocycles. The van der Waals surface area contributed by atoms with Crippen LogP contribution >= 0.6 is 0 Å². The summed E-state index contributed by atoms with van der Waals surface area (Å²) in [4.78, 5) is 15.7. The van der Waals surface area contributed by atoms with Crippen molar-refractivity contribution in [3.63, 3.8) is 0 Å². The van der Waals surface area contributed by atoms with E-state index < -0.39 is 0 Å². The van der Waals surface area contributed by atoms with Crippen LogP contribution < -0.4 is 5.73 Å². The third-order valence-corrected chi connectivity index (χ3v) is 5.07. The molecule has 0 unspecified atom stereocenters. The van der Waals surface area contributed by atoms with Gasteiger partial charge >= 0.3 is 0 Å². The van der Waals surface area contributed by atoms with E-state index in [1.54, 1.807) is 0 Å². The predicted octanol–water partition coefficient (Wildman–Crippen LogP) is 2.45. The first-order valence-electron chi connectivity index (χ1n) is 7.27. The number of azide groups is 1. The zero-order chi connectivity index (χ0) is 14.4. The van der Waals surface area contributed by atoms with Gasteiger partial charge in [0.15, 0.2) is 11.5 Å². The molecule has 21 heavy (non-hydrogen) atoms. The smallest absolute Gasteiger partial charge is 0.165 e. The first kappa shape index (κ1) is 12.4. The number of nitrogens with zero attached hydrogens (tertiary/aromatic N) is 7. The Morgan fingerprint density at radius 3 is 2.90 bits per heavy atom. The molecule has 2 aliphatic rings. The SMILES string of the molecule is [N-]=[N+]=N[C@H]1CC[C@H]2[C@@H]1CC[C@@H]2n1cnc2c(N)ncnc21. The van der Waals surface area contributed by atoms with Gasteiger partial charge in [-0.25, -0.2) is 15.0 Å². The molecular weight excluding hydrogens is 268 g/mol. The number of nitrogens with two attached hydrogens (primary N) is 1. The third-order valence-electron chi connectivity index (χ3n) is 5.07. The lowest BCUT2D eigenvalue weighted by atomic mass is 9.96. The van der Waals surface area contributed by atoms with Gasteiger partial charge in [-0.1, -0.05) is 5.11 Å². The molecule has 2 fully saturated rings. The highest BCUT2D eigenvalue weighted by atomic mass is 15.2. The minimum Gasteiger partial charge on any atom is -0.382 e. The van der Waals surface area contributed by atoms with Gasteiger partial charge in [0, 0.05) is 17.0 Å². The van der Waals surface area contributed by atoms with Crippen LogP contribution in [0.15, 0.2) is 17.8 Å². The summed E-state index contributed by atoms with van der Waals surface area (Å²) >= 11 is 0. The quantitative estimate of drug-likeness (QED) is 0.517. The highest BCUT2D eigenvalue weighted by molar-refractivity contribution is 5.81. The number of imidazole rings is 1. The molecule has 2 aliphatic carbocycles. The van der Waals surface area contributed by atoms with E-state index in [-0.39, 0.29) is 6.04 Å². The number of hydrogen-bond donors (Lipinski definition) is 1. The minimum absolute atomic E-state index is 0.152. The maximum atomic E-state index is 8.68. The molecule has 0 bridgehead atoms. The van der Waals surface area contributed by atoms with Crippen LogP contribution in [-0.2, 0) is 0 Å². The number of aromatic nitrogens is 4. The maximum Gasteiger partial charge on any atom is 0.165 e. The van der Waals surface area contributed by atoms with E-state index in [0.717, 1.165) is 31.3 Å². The summed E-state index contributed by atoms with van der Waals surface area (Å²) in [6, 6.07) is 0.521. The van der Waals surface area contributed by atoms with Gasteiger partial charge < -0.3 is 10.3 Å². The predicted molar refractivity (Wildman–Crippen MR) is 77.2 cm³/mol. The Labute approximate surface area is 121 Å². The second-order valence-electron chi connectivity index (χ2n) is 5.90. The highest BCUT2D eigenvalue weighted by Gasteiger charge is 2.45. The van der Waals surface area contributed by atoms with Crippen molar-refractivity contribution >= 4 is 17.0 Å². The summed E-state index contributed by atoms with van der Waals surface area (Å²) in [7, 11) is 0. The Morgan fingerprint density at radius 1 is 1.19 bits per heavy atom. The van der Waals surface area contributed by atoms with Crippen LogP contribution in [0.4, 0.5) is 5.82 Å². The van der Waals surface area contributed by atoms with E-state index in [2.05, 4.69) is 29.5 Å². The average molecular weight is 284 g/mol. The molecule has 2 saturated carbocycles. The molecule has 2 aromatic heterocycles. The van der Waals surface area contributed by atoms with E-state index in [9.17, 15) is 0 Å². The maximum absolute atomic E-state index is 8.68. The van der Waals surface area contributed by atoms with Crippen molar-refractivity contribution in [3.8, 4) is 0 Å². The minimum atomic E-state index is 0.152. The molecular formula is C13H16N8. The van der Waals surface area contributed by atoms with Crippen molar-refractivity contribution in [3.05, 3.63) is 23.1 Å². The number of fused-ring (bicyclic) bond motifs is 2. The number of rotatable bonds is 2. The van der Waals surface area contributed by atoms with E-state index in [1.165, 1.54) is 6.33 Å². The van der Waals surface area contributed by atoms with Crippen molar-refractivity contribution in [1.29, 1.82) is 0 Å². The second-order valence-corrected chi connectivity index (χ2v) is 5.90. The normalized spacial score (nSPS) is 31.2. The molecule has 0 amide bonds. The lowest BCUT2D eigenvalue weighted by molar-refractivity contribution is 0.343. The Morgan fingerprint density at radius 2 is 2.05 bits per heavy atom. The van der Waals surface area contributed by atoms with E-state index in [0.29, 0.717) is 29.2 Å². The summed E-state index contributed by atoms with van der Waals surface area (Å²) < 4.78 is 2.14. The zero-order valence-electron chi connectivity index (χ0n) is 11.5. The summed E-state index contributed by atoms with van der Waals surface area (Å²) in [5.74, 6) is 1.45. The van der Waals surface area contributed by atoms with Crippen LogP contribution in [0, 0.1) is 11.8 Å². The molecule has 8 nitrogen and oxygen atoms in total. The second kappa shape index (κ2) is 4.60. The van der Waals surface area contributed by atoms with Gasteiger partial charge in [-0.15, -0.1) is 0 Å². The first-order chi connectivity index (χ1) is 10.3. The highest BCUT2D eigenvalue weighted by Crippen LogP contribution is 2.51. The molecule has 0 radical (unpaired) electrons. The molecule has 0 spiro atoms. The topological polar surface area (TPSA) is 118 Å². The molecule has 2 heterocycles. The molecule has 2 N–H and O–H groups in total. The first-order valence-corrected chi connectivity index (χ1v) is 7.27. The summed E-state index contributed by atoms with van der Waals surface area (Å²) in [6.45, 7) is 0. The number of nitrogen functional groups attached to an aromatic ring is 1. The summed E-state index contributed by atoms with van der Waals surface area (Å²) in [5, 5.41) is 3.97. The van der Waals surface area contributed by atoms with Crippen LogP contribution in [0.25, 0.3) is 21.6 Å². The van der Waals surface area contributed by atoms with Gasteiger partial charge in [0.25, 0.3) is 0 Å². The number of hydrogen-bond acceptors (Lipinski definition) is 5. The fourth-order valence-corrected chi connectivity index (χ4v) is 4.21. The molecule has 0 aromatic carbocycles. The van der Waals surface area contributed by atoms with Crippen molar-refractivity contribution in [2.45, 2.75) is 37.8 Å². The monoisotopic (exact) mass is 284 g/mol. The van der Waals surface area contributed by atoms with Crippen molar-refractivity contribution < 1.29 is 0 Å². The molecule has 4 rings (SSSR count). The van der Waals surface area contributed by atoms with E-state index in [4.69, 9.17) is 11.3 Å². The van der Waals surface area contributed by atoms with Gasteiger partial charge in [0.05, 0.1) is 6.33 Å². The lowest BCUT2D eigenvalue weighted by Crippen LogP contribution is -2.17. The third kappa shape index (κ3) is 1.76. The van der Waals surface area contributed by atoms with Crippen LogP contribution in [-0.4, -0.2) is 25.6 Å². The number of anilines is 1. The van der Waals surface area contributed by atoms with Gasteiger partial charge in [0.1, 0.15) is 11.8 Å². The fourth-order valence-electron chi connectivity index (χ4n) is 4.21. The van der Waals surface area contributed by atoms with E-state index in [1.807, 2.05) is 6.33 Å². The lowest BCUT2D eigenvalue weighted by Gasteiger charge is -2.20. The van der Waals surface area contributed by atoms with Crippen molar-refractivity contribution in [2.75, 3.05) is 5.73 Å². The Bertz CT molecular complexity index is 731. The Kier molecular flexibility index (Phi) is 2.71. The standard InChI is InChI=1S/C13H16N8/c14-12-11-13(17-5-16-12)21(6-18-11)10-4-2-7-8(10)1-3-9(7)19-20-15/h5-10H,1-4H2,(H2,14,16,17)/t7-,8-,9-,10-/m0/s1. The molecule has 2 aromatic rings. The summed E-state index contributed by atoms with van der Waals surface area (Å²) in [6.07, 6.45) is 7.56. The van der Waals surface area contributed by atoms with Gasteiger partial charge in [-0.2, -0.15) is 0 Å². The Hall–Kier alpha value is -2.34. The molecule has 4 atom stereocenters. The van der Waals surface area contributed by atoms with E-state index >= 15 is 0 Å². The van der Waals surface area contributed by atoms with Gasteiger partial charge in [-0.3, -0.25) is 0 Å².